The molecule has 1 rings (SSSR count). The summed E-state index contributed by atoms with van der Waals surface area (Å²) >= 11 is 0. The number of primary amides is 1. The first-order chi connectivity index (χ1) is 8.24. The first kappa shape index (κ1) is 13.7. The molecule has 0 aliphatic rings. The molecule has 4 heteroatoms. The smallest absolute Gasteiger partial charge is 0.236 e. The van der Waals surface area contributed by atoms with Crippen LogP contribution >= 0.6 is 0 Å². The number of rotatable bonds is 8. The average Bonchev–Trinajstić information content (AvgIpc) is 2.34. The van der Waals surface area contributed by atoms with Gasteiger partial charge in [0.25, 0.3) is 0 Å². The van der Waals surface area contributed by atoms with Crippen LogP contribution in [0.3, 0.4) is 0 Å². The maximum Gasteiger partial charge on any atom is 0.236 e. The lowest BCUT2D eigenvalue weighted by Crippen LogP contribution is -2.42. The molecule has 0 aliphatic heterocycles. The third-order valence-corrected chi connectivity index (χ3v) is 2.57. The summed E-state index contributed by atoms with van der Waals surface area (Å²) in [6.45, 7) is 0.973. The van der Waals surface area contributed by atoms with Crippen molar-refractivity contribution in [2.24, 2.45) is 5.73 Å². The van der Waals surface area contributed by atoms with Crippen LogP contribution in [0.1, 0.15) is 12.0 Å². The average molecular weight is 236 g/mol. The number of ether oxygens (including phenoxy) is 1. The van der Waals surface area contributed by atoms with Crippen molar-refractivity contribution >= 4 is 5.91 Å². The van der Waals surface area contributed by atoms with E-state index in [1.807, 2.05) is 18.2 Å². The summed E-state index contributed by atoms with van der Waals surface area (Å²) in [7, 11) is 1.70. The molecule has 94 valence electrons. The van der Waals surface area contributed by atoms with Gasteiger partial charge in [0, 0.05) is 6.61 Å². The molecule has 0 aromatic heterocycles. The van der Waals surface area contributed by atoms with Gasteiger partial charge in [-0.3, -0.25) is 4.79 Å². The zero-order valence-corrected chi connectivity index (χ0v) is 10.2. The summed E-state index contributed by atoms with van der Waals surface area (Å²) in [6.07, 6.45) is 1.93. The van der Waals surface area contributed by atoms with E-state index in [2.05, 4.69) is 17.4 Å². The number of nitrogens with two attached hydrogens (primary N) is 1. The predicted molar refractivity (Wildman–Crippen MR) is 67.6 cm³/mol. The summed E-state index contributed by atoms with van der Waals surface area (Å²) in [5.41, 5.74) is 6.47. The van der Waals surface area contributed by atoms with Gasteiger partial charge in [0.05, 0.1) is 6.61 Å². The lowest BCUT2D eigenvalue weighted by atomic mass is 10.1. The summed E-state index contributed by atoms with van der Waals surface area (Å²) in [5, 5.41) is 2.81. The Labute approximate surface area is 102 Å². The van der Waals surface area contributed by atoms with Gasteiger partial charge in [0.1, 0.15) is 6.04 Å². The normalized spacial score (nSPS) is 12.3. The number of likely N-dealkylation sites (N-methyl/N-ethyl adjacent to an activating group) is 1. The maximum atomic E-state index is 10.9. The Kier molecular flexibility index (Phi) is 6.29. The van der Waals surface area contributed by atoms with Crippen molar-refractivity contribution in [1.29, 1.82) is 0 Å². The summed E-state index contributed by atoms with van der Waals surface area (Å²) in [4.78, 5) is 10.9. The van der Waals surface area contributed by atoms with Crippen LogP contribution in [0, 0.1) is 0 Å². The minimum atomic E-state index is -0.397. The van der Waals surface area contributed by atoms with Crippen LogP contribution in [0.5, 0.6) is 0 Å². The Bertz CT molecular complexity index is 327. The Hall–Kier alpha value is -1.39. The van der Waals surface area contributed by atoms with Crippen LogP contribution in [-0.4, -0.2) is 32.2 Å². The minimum absolute atomic E-state index is 0.334. The molecule has 17 heavy (non-hydrogen) atoms. The predicted octanol–water partition coefficient (Wildman–Crippen LogP) is 0.709. The third kappa shape index (κ3) is 5.47. The second-order valence-electron chi connectivity index (χ2n) is 3.91. The molecule has 0 radical (unpaired) electrons. The number of carbonyl (C=O) groups excluding carboxylic acids is 1. The highest BCUT2D eigenvalue weighted by molar-refractivity contribution is 5.79. The van der Waals surface area contributed by atoms with E-state index in [4.69, 9.17) is 10.5 Å². The van der Waals surface area contributed by atoms with E-state index in [1.54, 1.807) is 7.05 Å². The molecule has 4 nitrogen and oxygen atoms in total. The van der Waals surface area contributed by atoms with E-state index in [-0.39, 0.29) is 5.91 Å². The van der Waals surface area contributed by atoms with E-state index in [9.17, 15) is 4.79 Å². The van der Waals surface area contributed by atoms with Crippen molar-refractivity contribution in [3.05, 3.63) is 35.9 Å². The largest absolute Gasteiger partial charge is 0.379 e. The molecule has 0 aliphatic carbocycles. The number of aryl methyl sites for hydroxylation is 1. The number of hydrogen-bond acceptors (Lipinski definition) is 3. The molecular weight excluding hydrogens is 216 g/mol. The molecule has 3 N–H and O–H groups in total. The van der Waals surface area contributed by atoms with Crippen LogP contribution in [0.4, 0.5) is 0 Å². The first-order valence-corrected chi connectivity index (χ1v) is 5.82. The molecule has 0 saturated carbocycles. The third-order valence-electron chi connectivity index (χ3n) is 2.57. The van der Waals surface area contributed by atoms with E-state index >= 15 is 0 Å². The van der Waals surface area contributed by atoms with Crippen molar-refractivity contribution in [3.8, 4) is 0 Å². The highest BCUT2D eigenvalue weighted by Crippen LogP contribution is 2.02. The zero-order valence-electron chi connectivity index (χ0n) is 10.2. The zero-order chi connectivity index (χ0) is 12.5. The summed E-state index contributed by atoms with van der Waals surface area (Å²) in [6, 6.07) is 9.86. The van der Waals surface area contributed by atoms with Crippen LogP contribution in [0.2, 0.25) is 0 Å². The van der Waals surface area contributed by atoms with Gasteiger partial charge in [-0.1, -0.05) is 30.3 Å². The quantitative estimate of drug-likeness (QED) is 0.653. The van der Waals surface area contributed by atoms with Crippen LogP contribution in [0.25, 0.3) is 0 Å². The highest BCUT2D eigenvalue weighted by Gasteiger charge is 2.11. The molecule has 0 fully saturated rings. The lowest BCUT2D eigenvalue weighted by Gasteiger charge is -2.12. The van der Waals surface area contributed by atoms with Gasteiger partial charge in [-0.2, -0.15) is 0 Å². The Morgan fingerprint density at radius 3 is 2.71 bits per heavy atom. The number of carbonyl (C=O) groups is 1. The minimum Gasteiger partial charge on any atom is -0.379 e. The van der Waals surface area contributed by atoms with Gasteiger partial charge in [0.15, 0.2) is 0 Å². The van der Waals surface area contributed by atoms with Crippen molar-refractivity contribution in [3.63, 3.8) is 0 Å². The lowest BCUT2D eigenvalue weighted by molar-refractivity contribution is -0.121. The first-order valence-electron chi connectivity index (χ1n) is 5.82. The van der Waals surface area contributed by atoms with Gasteiger partial charge < -0.3 is 15.8 Å². The fourth-order valence-electron chi connectivity index (χ4n) is 1.53. The van der Waals surface area contributed by atoms with Crippen molar-refractivity contribution < 1.29 is 9.53 Å². The highest BCUT2D eigenvalue weighted by atomic mass is 16.5. The molecule has 1 unspecified atom stereocenters. The van der Waals surface area contributed by atoms with Gasteiger partial charge in [0.2, 0.25) is 5.91 Å². The van der Waals surface area contributed by atoms with Gasteiger partial charge in [-0.15, -0.1) is 0 Å². The van der Waals surface area contributed by atoms with Crippen molar-refractivity contribution in [2.45, 2.75) is 18.9 Å². The van der Waals surface area contributed by atoms with E-state index in [0.717, 1.165) is 12.8 Å². The Balaban J connectivity index is 2.10. The standard InChI is InChI=1S/C13H20N2O2/c1-15-12(13(14)16)10-17-9-5-8-11-6-3-2-4-7-11/h2-4,6-7,12,15H,5,8-10H2,1H3,(H2,14,16). The molecule has 1 aromatic carbocycles. The SMILES string of the molecule is CNC(COCCCc1ccccc1)C(N)=O. The number of benzene rings is 1. The topological polar surface area (TPSA) is 64.3 Å². The number of amides is 1. The Morgan fingerprint density at radius 2 is 2.12 bits per heavy atom. The van der Waals surface area contributed by atoms with Crippen molar-refractivity contribution in [1.82, 2.24) is 5.32 Å². The van der Waals surface area contributed by atoms with E-state index in [0.29, 0.717) is 13.2 Å². The molecule has 0 heterocycles. The second-order valence-corrected chi connectivity index (χ2v) is 3.91. The molecule has 0 spiro atoms. The molecule has 1 aromatic rings. The molecule has 1 atom stereocenters. The molecule has 0 bridgehead atoms. The molecule has 1 amide bonds. The van der Waals surface area contributed by atoms with Crippen LogP contribution < -0.4 is 11.1 Å². The maximum absolute atomic E-state index is 10.9. The van der Waals surface area contributed by atoms with Crippen LogP contribution in [0.15, 0.2) is 30.3 Å². The fraction of sp³-hybridized carbons (Fsp3) is 0.462. The number of hydrogen-bond donors (Lipinski definition) is 2. The second kappa shape index (κ2) is 7.81. The molecular formula is C13H20N2O2. The number of nitrogens with one attached hydrogen (secondary N) is 1. The fourth-order valence-corrected chi connectivity index (χ4v) is 1.53. The van der Waals surface area contributed by atoms with Crippen LogP contribution in [-0.2, 0) is 16.0 Å². The Morgan fingerprint density at radius 1 is 1.41 bits per heavy atom. The molecule has 0 saturated heterocycles. The summed E-state index contributed by atoms with van der Waals surface area (Å²) in [5.74, 6) is -0.379. The monoisotopic (exact) mass is 236 g/mol. The van der Waals surface area contributed by atoms with E-state index in [1.165, 1.54) is 5.56 Å². The van der Waals surface area contributed by atoms with Gasteiger partial charge >= 0.3 is 0 Å². The van der Waals surface area contributed by atoms with Gasteiger partial charge in [-0.05, 0) is 25.5 Å². The van der Waals surface area contributed by atoms with Crippen molar-refractivity contribution in [2.75, 3.05) is 20.3 Å². The van der Waals surface area contributed by atoms with Gasteiger partial charge in [-0.25, -0.2) is 0 Å². The summed E-state index contributed by atoms with van der Waals surface area (Å²) < 4.78 is 5.41. The van der Waals surface area contributed by atoms with E-state index < -0.39 is 6.04 Å².